The number of anilines is 1. The maximum Gasteiger partial charge on any atom is 0.283 e. The van der Waals surface area contributed by atoms with Crippen LogP contribution in [0.5, 0.6) is 0 Å². The SMILES string of the molecule is CCC(C)NC(=O)CCNc1cnn(C(C)C)c(=O)c1Br. The van der Waals surface area contributed by atoms with Crippen LogP contribution in [-0.4, -0.2) is 28.3 Å². The van der Waals surface area contributed by atoms with Gasteiger partial charge in [0.1, 0.15) is 4.47 Å². The van der Waals surface area contributed by atoms with Crippen molar-refractivity contribution in [1.82, 2.24) is 15.1 Å². The van der Waals surface area contributed by atoms with Crippen molar-refractivity contribution in [2.45, 2.75) is 52.6 Å². The molecule has 2 N–H and O–H groups in total. The standard InChI is InChI=1S/C14H23BrN4O2/c1-5-10(4)18-12(20)6-7-16-11-8-17-19(9(2)3)14(21)13(11)15/h8-10,16H,5-7H2,1-4H3,(H,18,20). The molecule has 1 aromatic heterocycles. The third-order valence-corrected chi connectivity index (χ3v) is 3.89. The fourth-order valence-corrected chi connectivity index (χ4v) is 2.12. The Kier molecular flexibility index (Phi) is 6.87. The Morgan fingerprint density at radius 1 is 1.43 bits per heavy atom. The Balaban J connectivity index is 2.59. The van der Waals surface area contributed by atoms with Crippen LogP contribution in [0.4, 0.5) is 5.69 Å². The van der Waals surface area contributed by atoms with Gasteiger partial charge in [0, 0.05) is 19.0 Å². The predicted molar refractivity (Wildman–Crippen MR) is 87.6 cm³/mol. The molecule has 6 nitrogen and oxygen atoms in total. The second-order valence-electron chi connectivity index (χ2n) is 5.27. The molecule has 1 aromatic rings. The highest BCUT2D eigenvalue weighted by atomic mass is 79.9. The van der Waals surface area contributed by atoms with Crippen molar-refractivity contribution < 1.29 is 4.79 Å². The number of rotatable bonds is 7. The monoisotopic (exact) mass is 358 g/mol. The number of hydrogen-bond acceptors (Lipinski definition) is 4. The number of nitrogens with zero attached hydrogens (tertiary/aromatic N) is 2. The molecule has 0 saturated carbocycles. The average molecular weight is 359 g/mol. The van der Waals surface area contributed by atoms with E-state index in [1.54, 1.807) is 6.20 Å². The average Bonchev–Trinajstić information content (AvgIpc) is 2.42. The number of nitrogens with one attached hydrogen (secondary N) is 2. The van der Waals surface area contributed by atoms with Crippen molar-refractivity contribution in [2.75, 3.05) is 11.9 Å². The Morgan fingerprint density at radius 3 is 2.67 bits per heavy atom. The van der Waals surface area contributed by atoms with Gasteiger partial charge in [-0.2, -0.15) is 5.10 Å². The van der Waals surface area contributed by atoms with Crippen LogP contribution in [-0.2, 0) is 4.79 Å². The van der Waals surface area contributed by atoms with E-state index in [-0.39, 0.29) is 23.6 Å². The third-order valence-electron chi connectivity index (χ3n) is 3.12. The minimum atomic E-state index is -0.181. The summed E-state index contributed by atoms with van der Waals surface area (Å²) in [5, 5.41) is 10.1. The second kappa shape index (κ2) is 8.17. The number of halogens is 1. The Labute approximate surface area is 133 Å². The Morgan fingerprint density at radius 2 is 2.10 bits per heavy atom. The van der Waals surface area contributed by atoms with Crippen molar-refractivity contribution in [2.24, 2.45) is 0 Å². The zero-order chi connectivity index (χ0) is 16.0. The van der Waals surface area contributed by atoms with Gasteiger partial charge in [0.05, 0.1) is 17.9 Å². The van der Waals surface area contributed by atoms with E-state index in [2.05, 4.69) is 31.7 Å². The lowest BCUT2D eigenvalue weighted by Crippen LogP contribution is -2.33. The molecule has 1 amide bonds. The molecular weight excluding hydrogens is 336 g/mol. The minimum Gasteiger partial charge on any atom is -0.382 e. The highest BCUT2D eigenvalue weighted by molar-refractivity contribution is 9.10. The highest BCUT2D eigenvalue weighted by Crippen LogP contribution is 2.16. The van der Waals surface area contributed by atoms with Crippen LogP contribution in [0.15, 0.2) is 15.5 Å². The van der Waals surface area contributed by atoms with Gasteiger partial charge in [-0.1, -0.05) is 6.92 Å². The topological polar surface area (TPSA) is 76.0 Å². The van der Waals surface area contributed by atoms with E-state index < -0.39 is 0 Å². The molecule has 21 heavy (non-hydrogen) atoms. The molecule has 1 rings (SSSR count). The zero-order valence-corrected chi connectivity index (χ0v) is 14.5. The summed E-state index contributed by atoms with van der Waals surface area (Å²) >= 11 is 3.28. The van der Waals surface area contributed by atoms with Crippen molar-refractivity contribution in [1.29, 1.82) is 0 Å². The van der Waals surface area contributed by atoms with Crippen LogP contribution in [0.3, 0.4) is 0 Å². The van der Waals surface area contributed by atoms with E-state index in [1.807, 2.05) is 27.7 Å². The lowest BCUT2D eigenvalue weighted by molar-refractivity contribution is -0.121. The molecule has 0 radical (unpaired) electrons. The minimum absolute atomic E-state index is 0.00328. The Bertz CT molecular complexity index is 542. The molecular formula is C14H23BrN4O2. The quantitative estimate of drug-likeness (QED) is 0.783. The molecule has 0 aliphatic heterocycles. The van der Waals surface area contributed by atoms with E-state index in [1.165, 1.54) is 4.68 Å². The summed E-state index contributed by atoms with van der Waals surface area (Å²) in [5.41, 5.74) is 0.423. The summed E-state index contributed by atoms with van der Waals surface area (Å²) in [5.74, 6) is -0.00328. The molecule has 0 bridgehead atoms. The molecule has 0 aromatic carbocycles. The van der Waals surface area contributed by atoms with Crippen molar-refractivity contribution in [3.8, 4) is 0 Å². The smallest absolute Gasteiger partial charge is 0.283 e. The lowest BCUT2D eigenvalue weighted by Gasteiger charge is -2.13. The summed E-state index contributed by atoms with van der Waals surface area (Å²) < 4.78 is 1.85. The molecule has 0 fully saturated rings. The molecule has 0 aliphatic rings. The van der Waals surface area contributed by atoms with Gasteiger partial charge in [0.25, 0.3) is 5.56 Å². The van der Waals surface area contributed by atoms with Gasteiger partial charge in [0.2, 0.25) is 5.91 Å². The van der Waals surface area contributed by atoms with Gasteiger partial charge >= 0.3 is 0 Å². The first kappa shape index (κ1) is 17.7. The summed E-state index contributed by atoms with van der Waals surface area (Å²) in [7, 11) is 0. The first-order chi connectivity index (χ1) is 9.86. The van der Waals surface area contributed by atoms with Gasteiger partial charge in [-0.05, 0) is 43.1 Å². The van der Waals surface area contributed by atoms with E-state index in [0.29, 0.717) is 23.1 Å². The van der Waals surface area contributed by atoms with Gasteiger partial charge in [-0.3, -0.25) is 9.59 Å². The van der Waals surface area contributed by atoms with Gasteiger partial charge in [-0.25, -0.2) is 4.68 Å². The fourth-order valence-electron chi connectivity index (χ4n) is 1.70. The third kappa shape index (κ3) is 5.15. The largest absolute Gasteiger partial charge is 0.382 e. The zero-order valence-electron chi connectivity index (χ0n) is 12.9. The lowest BCUT2D eigenvalue weighted by atomic mass is 10.2. The Hall–Kier alpha value is -1.37. The first-order valence-electron chi connectivity index (χ1n) is 7.17. The number of carbonyl (C=O) groups excluding carboxylic acids is 1. The van der Waals surface area contributed by atoms with Crippen LogP contribution in [0.2, 0.25) is 0 Å². The maximum atomic E-state index is 12.0. The van der Waals surface area contributed by atoms with Crippen LogP contribution in [0, 0.1) is 0 Å². The first-order valence-corrected chi connectivity index (χ1v) is 7.96. The number of hydrogen-bond donors (Lipinski definition) is 2. The normalized spacial score (nSPS) is 12.3. The van der Waals surface area contributed by atoms with Crippen LogP contribution >= 0.6 is 15.9 Å². The second-order valence-corrected chi connectivity index (χ2v) is 6.06. The predicted octanol–water partition coefficient (Wildman–Crippen LogP) is 2.30. The summed E-state index contributed by atoms with van der Waals surface area (Å²) in [6, 6.07) is 0.185. The summed E-state index contributed by atoms with van der Waals surface area (Å²) in [4.78, 5) is 23.7. The molecule has 1 unspecified atom stereocenters. The fraction of sp³-hybridized carbons (Fsp3) is 0.643. The maximum absolute atomic E-state index is 12.0. The molecule has 118 valence electrons. The number of amides is 1. The summed E-state index contributed by atoms with van der Waals surface area (Å²) in [6.07, 6.45) is 2.85. The van der Waals surface area contributed by atoms with Crippen LogP contribution < -0.4 is 16.2 Å². The van der Waals surface area contributed by atoms with Gasteiger partial charge in [-0.15, -0.1) is 0 Å². The molecule has 0 spiro atoms. The molecule has 0 aliphatic carbocycles. The number of carbonyl (C=O) groups is 1. The van der Waals surface area contributed by atoms with Gasteiger partial charge in [0.15, 0.2) is 0 Å². The molecule has 1 atom stereocenters. The van der Waals surface area contributed by atoms with Crippen molar-refractivity contribution in [3.05, 3.63) is 21.0 Å². The van der Waals surface area contributed by atoms with E-state index in [0.717, 1.165) is 6.42 Å². The highest BCUT2D eigenvalue weighted by Gasteiger charge is 2.11. The van der Waals surface area contributed by atoms with E-state index >= 15 is 0 Å². The van der Waals surface area contributed by atoms with E-state index in [4.69, 9.17) is 0 Å². The molecule has 1 heterocycles. The number of aromatic nitrogens is 2. The molecule has 7 heteroatoms. The van der Waals surface area contributed by atoms with Crippen LogP contribution in [0.25, 0.3) is 0 Å². The molecule has 0 saturated heterocycles. The van der Waals surface area contributed by atoms with Crippen LogP contribution in [0.1, 0.15) is 46.6 Å². The summed E-state index contributed by atoms with van der Waals surface area (Å²) in [6.45, 7) is 8.24. The van der Waals surface area contributed by atoms with E-state index in [9.17, 15) is 9.59 Å². The van der Waals surface area contributed by atoms with Crippen molar-refractivity contribution in [3.63, 3.8) is 0 Å². The van der Waals surface area contributed by atoms with Gasteiger partial charge < -0.3 is 10.6 Å². The van der Waals surface area contributed by atoms with Crippen molar-refractivity contribution >= 4 is 27.5 Å².